The first kappa shape index (κ1) is 12.8. The van der Waals surface area contributed by atoms with E-state index in [0.29, 0.717) is 0 Å². The zero-order valence-corrected chi connectivity index (χ0v) is 10.3. The van der Waals surface area contributed by atoms with E-state index in [0.717, 1.165) is 25.2 Å². The Morgan fingerprint density at radius 2 is 2.00 bits per heavy atom. The maximum atomic E-state index is 10.1. The summed E-state index contributed by atoms with van der Waals surface area (Å²) in [4.78, 5) is 0. The van der Waals surface area contributed by atoms with Gasteiger partial charge in [-0.15, -0.1) is 0 Å². The molecular weight excluding hydrogens is 184 g/mol. The van der Waals surface area contributed by atoms with Crippen LogP contribution in [0.2, 0.25) is 0 Å². The Bertz CT molecular complexity index is 188. The van der Waals surface area contributed by atoms with Gasteiger partial charge in [0.05, 0.1) is 5.60 Å². The van der Waals surface area contributed by atoms with Crippen LogP contribution in [0.5, 0.6) is 0 Å². The molecule has 1 unspecified atom stereocenters. The molecule has 1 N–H and O–H groups in total. The zero-order chi connectivity index (χ0) is 11.1. The first-order chi connectivity index (χ1) is 7.14. The Morgan fingerprint density at radius 1 is 1.33 bits per heavy atom. The maximum absolute atomic E-state index is 10.1. The second kappa shape index (κ2) is 6.32. The van der Waals surface area contributed by atoms with E-state index in [-0.39, 0.29) is 0 Å². The minimum absolute atomic E-state index is 0.481. The minimum Gasteiger partial charge on any atom is -0.390 e. The van der Waals surface area contributed by atoms with Crippen LogP contribution in [0.25, 0.3) is 0 Å². The van der Waals surface area contributed by atoms with Gasteiger partial charge in [0.15, 0.2) is 0 Å². The summed E-state index contributed by atoms with van der Waals surface area (Å²) in [6, 6.07) is 0. The molecule has 1 aliphatic carbocycles. The second-order valence-corrected chi connectivity index (χ2v) is 5.28. The molecular formula is C14H26O. The largest absolute Gasteiger partial charge is 0.390 e. The van der Waals surface area contributed by atoms with Crippen LogP contribution in [-0.4, -0.2) is 10.7 Å². The van der Waals surface area contributed by atoms with Crippen LogP contribution in [0.15, 0.2) is 12.2 Å². The monoisotopic (exact) mass is 210 g/mol. The molecule has 1 saturated carbocycles. The number of hydrogen-bond acceptors (Lipinski definition) is 1. The van der Waals surface area contributed by atoms with Gasteiger partial charge < -0.3 is 5.11 Å². The number of allylic oxidation sites excluding steroid dienone is 1. The molecule has 0 aliphatic heterocycles. The van der Waals surface area contributed by atoms with Crippen molar-refractivity contribution in [2.75, 3.05) is 0 Å². The van der Waals surface area contributed by atoms with Crippen molar-refractivity contribution >= 4 is 0 Å². The van der Waals surface area contributed by atoms with Gasteiger partial charge >= 0.3 is 0 Å². The fourth-order valence-electron chi connectivity index (χ4n) is 2.32. The van der Waals surface area contributed by atoms with Crippen LogP contribution >= 0.6 is 0 Å². The summed E-state index contributed by atoms with van der Waals surface area (Å²) in [7, 11) is 0. The summed E-state index contributed by atoms with van der Waals surface area (Å²) in [6.45, 7) is 4.13. The minimum atomic E-state index is -0.481. The first-order valence-electron chi connectivity index (χ1n) is 6.53. The molecule has 0 radical (unpaired) electrons. The molecule has 0 amide bonds. The summed E-state index contributed by atoms with van der Waals surface area (Å²) in [5.74, 6) is 0.798. The van der Waals surface area contributed by atoms with E-state index in [1.54, 1.807) is 0 Å². The number of hydrogen-bond donors (Lipinski definition) is 1. The molecule has 0 aromatic heterocycles. The second-order valence-electron chi connectivity index (χ2n) is 5.28. The third kappa shape index (κ3) is 5.36. The molecule has 1 fully saturated rings. The average molecular weight is 210 g/mol. The molecule has 15 heavy (non-hydrogen) atoms. The van der Waals surface area contributed by atoms with Crippen molar-refractivity contribution in [1.82, 2.24) is 0 Å². The highest BCUT2D eigenvalue weighted by Gasteiger charge is 2.18. The lowest BCUT2D eigenvalue weighted by molar-refractivity contribution is 0.0516. The standard InChI is InChI=1S/C14H26O/c1-3-4-11-14(2,15)12-7-10-13-8-5-6-9-13/h7,10,13,15H,3-6,8-9,11-12H2,1-2H3/b10-7+. The Kier molecular flexibility index (Phi) is 5.38. The highest BCUT2D eigenvalue weighted by atomic mass is 16.3. The molecule has 0 bridgehead atoms. The zero-order valence-electron chi connectivity index (χ0n) is 10.3. The molecule has 1 nitrogen and oxygen atoms in total. The van der Waals surface area contributed by atoms with Crippen LogP contribution in [0, 0.1) is 5.92 Å². The molecule has 0 spiro atoms. The van der Waals surface area contributed by atoms with Crippen molar-refractivity contribution in [3.05, 3.63) is 12.2 Å². The fraction of sp³-hybridized carbons (Fsp3) is 0.857. The SMILES string of the molecule is CCCCC(C)(O)C/C=C/C1CCCC1. The van der Waals surface area contributed by atoms with Gasteiger partial charge in [-0.05, 0) is 38.5 Å². The number of aliphatic hydroxyl groups is 1. The van der Waals surface area contributed by atoms with Crippen LogP contribution in [0.3, 0.4) is 0 Å². The van der Waals surface area contributed by atoms with Crippen LogP contribution in [0.4, 0.5) is 0 Å². The Hall–Kier alpha value is -0.300. The van der Waals surface area contributed by atoms with Gasteiger partial charge in [0.2, 0.25) is 0 Å². The molecule has 1 rings (SSSR count). The van der Waals surface area contributed by atoms with E-state index in [2.05, 4.69) is 19.1 Å². The summed E-state index contributed by atoms with van der Waals surface area (Å²) in [5.41, 5.74) is -0.481. The van der Waals surface area contributed by atoms with Gasteiger partial charge in [-0.3, -0.25) is 0 Å². The molecule has 1 atom stereocenters. The van der Waals surface area contributed by atoms with Crippen molar-refractivity contribution in [2.24, 2.45) is 5.92 Å². The quantitative estimate of drug-likeness (QED) is 0.655. The molecule has 0 saturated heterocycles. The van der Waals surface area contributed by atoms with Crippen molar-refractivity contribution in [2.45, 2.75) is 70.8 Å². The number of rotatable bonds is 6. The van der Waals surface area contributed by atoms with Gasteiger partial charge in [-0.25, -0.2) is 0 Å². The Morgan fingerprint density at radius 3 is 2.60 bits per heavy atom. The van der Waals surface area contributed by atoms with Crippen LogP contribution in [-0.2, 0) is 0 Å². The molecule has 1 heteroatoms. The predicted molar refractivity (Wildman–Crippen MR) is 65.9 cm³/mol. The molecule has 0 heterocycles. The highest BCUT2D eigenvalue weighted by Crippen LogP contribution is 2.26. The lowest BCUT2D eigenvalue weighted by atomic mass is 9.94. The van der Waals surface area contributed by atoms with Crippen molar-refractivity contribution in [3.63, 3.8) is 0 Å². The van der Waals surface area contributed by atoms with E-state index in [1.807, 2.05) is 6.92 Å². The van der Waals surface area contributed by atoms with Crippen LogP contribution in [0.1, 0.15) is 65.2 Å². The van der Waals surface area contributed by atoms with E-state index in [4.69, 9.17) is 0 Å². The van der Waals surface area contributed by atoms with Crippen molar-refractivity contribution in [1.29, 1.82) is 0 Å². The molecule has 0 aromatic carbocycles. The topological polar surface area (TPSA) is 20.2 Å². The molecule has 0 aromatic rings. The Balaban J connectivity index is 2.21. The summed E-state index contributed by atoms with van der Waals surface area (Å²) in [6.07, 6.45) is 14.1. The number of unbranched alkanes of at least 4 members (excludes halogenated alkanes) is 1. The third-order valence-corrected chi connectivity index (χ3v) is 3.43. The molecule has 88 valence electrons. The van der Waals surface area contributed by atoms with Gasteiger partial charge in [0.25, 0.3) is 0 Å². The summed E-state index contributed by atoms with van der Waals surface area (Å²) in [5, 5.41) is 10.1. The maximum Gasteiger partial charge on any atom is 0.0654 e. The highest BCUT2D eigenvalue weighted by molar-refractivity contribution is 4.94. The van der Waals surface area contributed by atoms with E-state index >= 15 is 0 Å². The van der Waals surface area contributed by atoms with Gasteiger partial charge in [-0.2, -0.15) is 0 Å². The third-order valence-electron chi connectivity index (χ3n) is 3.43. The van der Waals surface area contributed by atoms with Gasteiger partial charge in [0, 0.05) is 0 Å². The predicted octanol–water partition coefficient (Wildman–Crippen LogP) is 4.06. The van der Waals surface area contributed by atoms with Crippen molar-refractivity contribution in [3.8, 4) is 0 Å². The van der Waals surface area contributed by atoms with E-state index < -0.39 is 5.60 Å². The fourth-order valence-corrected chi connectivity index (χ4v) is 2.32. The van der Waals surface area contributed by atoms with Gasteiger partial charge in [0.1, 0.15) is 0 Å². The van der Waals surface area contributed by atoms with Crippen LogP contribution < -0.4 is 0 Å². The van der Waals surface area contributed by atoms with E-state index in [9.17, 15) is 5.11 Å². The average Bonchev–Trinajstić information content (AvgIpc) is 2.67. The summed E-state index contributed by atoms with van der Waals surface area (Å²) >= 11 is 0. The van der Waals surface area contributed by atoms with Crippen molar-refractivity contribution < 1.29 is 5.11 Å². The smallest absolute Gasteiger partial charge is 0.0654 e. The lowest BCUT2D eigenvalue weighted by Gasteiger charge is -2.21. The molecule has 1 aliphatic rings. The van der Waals surface area contributed by atoms with Gasteiger partial charge in [-0.1, -0.05) is 44.8 Å². The summed E-state index contributed by atoms with van der Waals surface area (Å²) < 4.78 is 0. The van der Waals surface area contributed by atoms with E-state index in [1.165, 1.54) is 32.1 Å². The lowest BCUT2D eigenvalue weighted by Crippen LogP contribution is -2.22. The normalized spacial score (nSPS) is 22.3. The first-order valence-corrected chi connectivity index (χ1v) is 6.53. The Labute approximate surface area is 94.6 Å².